The lowest BCUT2D eigenvalue weighted by Gasteiger charge is -2.11. The quantitative estimate of drug-likeness (QED) is 0.320. The number of hydrogen-bond donors (Lipinski definition) is 0. The molecule has 0 radical (unpaired) electrons. The predicted molar refractivity (Wildman–Crippen MR) is 128 cm³/mol. The van der Waals surface area contributed by atoms with E-state index in [1.807, 2.05) is 35.8 Å². The summed E-state index contributed by atoms with van der Waals surface area (Å²) < 4.78 is 17.8. The number of aryl methyl sites for hydroxylation is 1. The summed E-state index contributed by atoms with van der Waals surface area (Å²) in [5, 5.41) is 9.63. The summed E-state index contributed by atoms with van der Waals surface area (Å²) in [7, 11) is 0. The summed E-state index contributed by atoms with van der Waals surface area (Å²) in [6.07, 6.45) is 1.54. The van der Waals surface area contributed by atoms with Gasteiger partial charge in [-0.2, -0.15) is 0 Å². The van der Waals surface area contributed by atoms with Crippen LogP contribution in [0.25, 0.3) is 22.7 Å². The fraction of sp³-hybridized carbons (Fsp3) is 0.0833. The third-order valence-electron chi connectivity index (χ3n) is 5.07. The maximum Gasteiger partial charge on any atom is 0.258 e. The number of nitrogens with zero attached hydrogens (tertiary/aromatic N) is 5. The number of rotatable bonds is 5. The van der Waals surface area contributed by atoms with Crippen molar-refractivity contribution in [2.24, 2.45) is 0 Å². The first-order valence-corrected chi connectivity index (χ1v) is 11.4. The van der Waals surface area contributed by atoms with Crippen molar-refractivity contribution >= 4 is 29.0 Å². The van der Waals surface area contributed by atoms with Crippen molar-refractivity contribution in [3.63, 3.8) is 0 Å². The van der Waals surface area contributed by atoms with Gasteiger partial charge in [-0.3, -0.25) is 13.8 Å². The van der Waals surface area contributed by atoms with Gasteiger partial charge in [0.2, 0.25) is 0 Å². The second kappa shape index (κ2) is 8.80. The molecule has 0 saturated carbocycles. The molecule has 164 valence electrons. The van der Waals surface area contributed by atoms with Crippen LogP contribution in [0.4, 0.5) is 4.39 Å². The van der Waals surface area contributed by atoms with Gasteiger partial charge in [0, 0.05) is 23.7 Å². The van der Waals surface area contributed by atoms with E-state index < -0.39 is 0 Å². The largest absolute Gasteiger partial charge is 0.270 e. The van der Waals surface area contributed by atoms with Gasteiger partial charge in [0.1, 0.15) is 11.5 Å². The molecule has 33 heavy (non-hydrogen) atoms. The van der Waals surface area contributed by atoms with Crippen LogP contribution < -0.4 is 5.56 Å². The fourth-order valence-electron chi connectivity index (χ4n) is 3.45. The Bertz CT molecular complexity index is 1530. The Morgan fingerprint density at radius 3 is 2.61 bits per heavy atom. The maximum atomic E-state index is 14.6. The molecular formula is C24H17ClFN5OS. The molecule has 5 rings (SSSR count). The molecule has 0 amide bonds. The van der Waals surface area contributed by atoms with E-state index in [1.54, 1.807) is 30.3 Å². The molecule has 0 spiro atoms. The number of benzene rings is 2. The molecule has 3 aromatic heterocycles. The Morgan fingerprint density at radius 2 is 1.82 bits per heavy atom. The van der Waals surface area contributed by atoms with Crippen LogP contribution in [0.5, 0.6) is 0 Å². The fourth-order valence-corrected chi connectivity index (χ4v) is 4.45. The molecule has 0 fully saturated rings. The highest BCUT2D eigenvalue weighted by Crippen LogP contribution is 2.30. The Labute approximate surface area is 197 Å². The summed E-state index contributed by atoms with van der Waals surface area (Å²) in [5.41, 5.74) is 3.16. The Morgan fingerprint density at radius 1 is 1.03 bits per heavy atom. The van der Waals surface area contributed by atoms with Crippen LogP contribution in [-0.4, -0.2) is 24.1 Å². The van der Waals surface area contributed by atoms with E-state index in [1.165, 1.54) is 34.5 Å². The van der Waals surface area contributed by atoms with Crippen molar-refractivity contribution < 1.29 is 4.39 Å². The van der Waals surface area contributed by atoms with Gasteiger partial charge in [0.15, 0.2) is 11.0 Å². The van der Waals surface area contributed by atoms with Crippen LogP contribution in [-0.2, 0) is 5.75 Å². The smallest absolute Gasteiger partial charge is 0.258 e. The lowest BCUT2D eigenvalue weighted by Crippen LogP contribution is -2.15. The molecule has 0 unspecified atom stereocenters. The predicted octanol–water partition coefficient (Wildman–Crippen LogP) is 5.34. The molecule has 9 heteroatoms. The standard InChI is InChI=1S/C24H17ClFN5OS/c1-15-6-9-18(10-7-15)31-23(19-4-2-3-5-20(19)26)28-29-24(31)33-14-17-12-22(32)30-13-16(25)8-11-21(30)27-17/h2-13H,14H2,1H3. The second-order valence-electron chi connectivity index (χ2n) is 7.41. The third kappa shape index (κ3) is 4.27. The topological polar surface area (TPSA) is 65.1 Å². The molecule has 0 saturated heterocycles. The van der Waals surface area contributed by atoms with Gasteiger partial charge in [0.25, 0.3) is 5.56 Å². The van der Waals surface area contributed by atoms with Crippen molar-refractivity contribution in [2.45, 2.75) is 17.8 Å². The first kappa shape index (κ1) is 21.4. The highest BCUT2D eigenvalue weighted by atomic mass is 35.5. The summed E-state index contributed by atoms with van der Waals surface area (Å²) >= 11 is 7.36. The number of thioether (sulfide) groups is 1. The average Bonchev–Trinajstić information content (AvgIpc) is 3.23. The molecule has 0 aliphatic heterocycles. The van der Waals surface area contributed by atoms with Crippen LogP contribution >= 0.6 is 23.4 Å². The Kier molecular flexibility index (Phi) is 5.70. The van der Waals surface area contributed by atoms with Crippen molar-refractivity contribution in [1.82, 2.24) is 24.1 Å². The zero-order valence-corrected chi connectivity index (χ0v) is 19.0. The Hall–Kier alpha value is -3.49. The lowest BCUT2D eigenvalue weighted by molar-refractivity contribution is 0.629. The minimum atomic E-state index is -0.377. The van der Waals surface area contributed by atoms with Gasteiger partial charge >= 0.3 is 0 Å². The van der Waals surface area contributed by atoms with Crippen molar-refractivity contribution in [3.8, 4) is 17.1 Å². The molecule has 0 bridgehead atoms. The molecule has 0 aliphatic rings. The zero-order valence-electron chi connectivity index (χ0n) is 17.4. The number of pyridine rings is 1. The minimum absolute atomic E-state index is 0.217. The first-order chi connectivity index (χ1) is 16.0. The third-order valence-corrected chi connectivity index (χ3v) is 6.25. The molecule has 3 heterocycles. The molecular weight excluding hydrogens is 461 g/mol. The molecule has 0 atom stereocenters. The highest BCUT2D eigenvalue weighted by Gasteiger charge is 2.19. The summed E-state index contributed by atoms with van der Waals surface area (Å²) in [6, 6.07) is 19.2. The minimum Gasteiger partial charge on any atom is -0.270 e. The summed E-state index contributed by atoms with van der Waals surface area (Å²) in [6.45, 7) is 2.00. The SMILES string of the molecule is Cc1ccc(-n2c(SCc3cc(=O)n4cc(Cl)ccc4n3)nnc2-c2ccccc2F)cc1. The van der Waals surface area contributed by atoms with Gasteiger partial charge in [-0.05, 0) is 43.3 Å². The monoisotopic (exact) mass is 477 g/mol. The van der Waals surface area contributed by atoms with Crippen LogP contribution in [0, 0.1) is 12.7 Å². The van der Waals surface area contributed by atoms with E-state index >= 15 is 0 Å². The zero-order chi connectivity index (χ0) is 22.9. The number of halogens is 2. The normalized spacial score (nSPS) is 11.2. The maximum absolute atomic E-state index is 14.6. The van der Waals surface area contributed by atoms with Crippen LogP contribution in [0.15, 0.2) is 82.9 Å². The van der Waals surface area contributed by atoms with E-state index in [2.05, 4.69) is 15.2 Å². The first-order valence-electron chi connectivity index (χ1n) is 10.1. The van der Waals surface area contributed by atoms with Crippen LogP contribution in [0.2, 0.25) is 5.02 Å². The molecule has 6 nitrogen and oxygen atoms in total. The second-order valence-corrected chi connectivity index (χ2v) is 8.79. The highest BCUT2D eigenvalue weighted by molar-refractivity contribution is 7.98. The number of hydrogen-bond acceptors (Lipinski definition) is 5. The lowest BCUT2D eigenvalue weighted by atomic mass is 10.2. The number of aromatic nitrogens is 5. The van der Waals surface area contributed by atoms with Crippen molar-refractivity contribution in [2.75, 3.05) is 0 Å². The molecule has 5 aromatic rings. The van der Waals surface area contributed by atoms with Crippen molar-refractivity contribution in [1.29, 1.82) is 0 Å². The number of fused-ring (bicyclic) bond motifs is 1. The molecule has 0 aliphatic carbocycles. The van der Waals surface area contributed by atoms with Gasteiger partial charge in [-0.1, -0.05) is 53.2 Å². The summed E-state index contributed by atoms with van der Waals surface area (Å²) in [5.74, 6) is 0.411. The van der Waals surface area contributed by atoms with E-state index in [4.69, 9.17) is 11.6 Å². The molecule has 0 N–H and O–H groups in total. The van der Waals surface area contributed by atoms with Crippen molar-refractivity contribution in [3.05, 3.63) is 105 Å². The van der Waals surface area contributed by atoms with Gasteiger partial charge in [0.05, 0.1) is 16.3 Å². The van der Waals surface area contributed by atoms with Crippen LogP contribution in [0.3, 0.4) is 0 Å². The summed E-state index contributed by atoms with van der Waals surface area (Å²) in [4.78, 5) is 17.0. The van der Waals surface area contributed by atoms with Gasteiger partial charge in [-0.25, -0.2) is 9.37 Å². The Balaban J connectivity index is 1.54. The van der Waals surface area contributed by atoms with E-state index in [-0.39, 0.29) is 11.4 Å². The van der Waals surface area contributed by atoms with E-state index in [0.29, 0.717) is 38.7 Å². The van der Waals surface area contributed by atoms with E-state index in [0.717, 1.165) is 11.3 Å². The van der Waals surface area contributed by atoms with Crippen LogP contribution in [0.1, 0.15) is 11.3 Å². The van der Waals surface area contributed by atoms with Gasteiger partial charge in [-0.15, -0.1) is 10.2 Å². The van der Waals surface area contributed by atoms with E-state index in [9.17, 15) is 9.18 Å². The molecule has 2 aromatic carbocycles. The van der Waals surface area contributed by atoms with Gasteiger partial charge < -0.3 is 0 Å². The average molecular weight is 478 g/mol.